The Hall–Kier alpha value is -0.940. The molecule has 0 aliphatic carbocycles. The first-order chi connectivity index (χ1) is 8.20. The summed E-state index contributed by atoms with van der Waals surface area (Å²) in [7, 11) is 0. The summed E-state index contributed by atoms with van der Waals surface area (Å²) in [4.78, 5) is 10.2. The minimum absolute atomic E-state index is 0.142. The zero-order chi connectivity index (χ0) is 12.3. The van der Waals surface area contributed by atoms with E-state index in [-0.39, 0.29) is 10.6 Å². The minimum Gasteiger partial charge on any atom is -0.377 e. The molecule has 1 saturated heterocycles. The van der Waals surface area contributed by atoms with Gasteiger partial charge in [-0.1, -0.05) is 28.1 Å². The van der Waals surface area contributed by atoms with Crippen LogP contribution in [0, 0.1) is 10.1 Å². The zero-order valence-electron chi connectivity index (χ0n) is 9.34. The summed E-state index contributed by atoms with van der Waals surface area (Å²) in [5.74, 6) is 0.367. The first-order valence-corrected chi connectivity index (χ1v) is 6.74. The summed E-state index contributed by atoms with van der Waals surface area (Å²) in [6.45, 7) is 0.702. The lowest BCUT2D eigenvalue weighted by Crippen LogP contribution is -2.25. The Morgan fingerprint density at radius 2 is 2.06 bits per heavy atom. The van der Waals surface area contributed by atoms with E-state index in [0.29, 0.717) is 18.6 Å². The fourth-order valence-electron chi connectivity index (χ4n) is 2.06. The van der Waals surface area contributed by atoms with Gasteiger partial charge in [-0.2, -0.15) is 0 Å². The highest BCUT2D eigenvalue weighted by Crippen LogP contribution is 2.29. The summed E-state index contributed by atoms with van der Waals surface area (Å²) in [5, 5.41) is 11.4. The van der Waals surface area contributed by atoms with Crippen LogP contribution in [0.4, 0.5) is 5.69 Å². The number of nitro benzene ring substituents is 1. The number of hydrogen-bond donors (Lipinski definition) is 0. The first kappa shape index (κ1) is 12.5. The molecule has 0 radical (unpaired) electrons. The molecule has 92 valence electrons. The van der Waals surface area contributed by atoms with Crippen molar-refractivity contribution < 1.29 is 9.66 Å². The van der Waals surface area contributed by atoms with Crippen LogP contribution in [-0.4, -0.2) is 23.0 Å². The molecule has 0 bridgehead atoms. The Morgan fingerprint density at radius 1 is 1.35 bits per heavy atom. The van der Waals surface area contributed by atoms with Crippen LogP contribution in [0.5, 0.6) is 0 Å². The van der Waals surface area contributed by atoms with Crippen LogP contribution in [0.1, 0.15) is 24.3 Å². The molecule has 1 heterocycles. The van der Waals surface area contributed by atoms with Crippen LogP contribution in [-0.2, 0) is 4.74 Å². The van der Waals surface area contributed by atoms with Crippen LogP contribution < -0.4 is 0 Å². The van der Waals surface area contributed by atoms with E-state index in [9.17, 15) is 10.1 Å². The molecule has 0 aromatic heterocycles. The van der Waals surface area contributed by atoms with Gasteiger partial charge in [-0.3, -0.25) is 10.1 Å². The van der Waals surface area contributed by atoms with Crippen LogP contribution >= 0.6 is 15.9 Å². The number of nitrogens with zero attached hydrogens (tertiary/aromatic N) is 1. The quantitative estimate of drug-likeness (QED) is 0.489. The number of hydrogen-bond acceptors (Lipinski definition) is 3. The minimum atomic E-state index is -0.373. The molecule has 5 heteroatoms. The Balaban J connectivity index is 2.01. The van der Waals surface area contributed by atoms with E-state index in [4.69, 9.17) is 4.74 Å². The molecule has 0 spiro atoms. The lowest BCUT2D eigenvalue weighted by Gasteiger charge is -2.28. The number of rotatable bonds is 3. The monoisotopic (exact) mass is 299 g/mol. The summed E-state index contributed by atoms with van der Waals surface area (Å²) in [6.07, 6.45) is 2.42. The second-order valence-electron chi connectivity index (χ2n) is 4.23. The SMILES string of the molecule is O=[N+]([O-])c1ccc([C@H]2CC[C@@H](CBr)OC2)cc1. The molecule has 2 atom stereocenters. The molecule has 1 aliphatic heterocycles. The van der Waals surface area contributed by atoms with E-state index in [1.54, 1.807) is 12.1 Å². The Morgan fingerprint density at radius 3 is 2.53 bits per heavy atom. The summed E-state index contributed by atoms with van der Waals surface area (Å²) in [5.41, 5.74) is 1.27. The molecule has 0 unspecified atom stereocenters. The van der Waals surface area contributed by atoms with E-state index in [0.717, 1.165) is 23.7 Å². The molecule has 17 heavy (non-hydrogen) atoms. The lowest BCUT2D eigenvalue weighted by molar-refractivity contribution is -0.384. The fraction of sp³-hybridized carbons (Fsp3) is 0.500. The third-order valence-electron chi connectivity index (χ3n) is 3.12. The van der Waals surface area contributed by atoms with Crippen molar-refractivity contribution in [2.45, 2.75) is 24.9 Å². The smallest absolute Gasteiger partial charge is 0.269 e. The molecule has 0 amide bonds. The number of benzene rings is 1. The maximum absolute atomic E-state index is 10.5. The largest absolute Gasteiger partial charge is 0.377 e. The van der Waals surface area contributed by atoms with Crippen molar-refractivity contribution in [3.8, 4) is 0 Å². The van der Waals surface area contributed by atoms with Gasteiger partial charge in [-0.05, 0) is 18.4 Å². The second kappa shape index (κ2) is 5.60. The van der Waals surface area contributed by atoms with Crippen molar-refractivity contribution in [3.63, 3.8) is 0 Å². The number of halogens is 1. The Labute approximate surface area is 108 Å². The van der Waals surface area contributed by atoms with Gasteiger partial charge in [0.15, 0.2) is 0 Å². The normalized spacial score (nSPS) is 24.5. The molecule has 1 aliphatic rings. The highest BCUT2D eigenvalue weighted by Gasteiger charge is 2.22. The summed E-state index contributed by atoms with van der Waals surface area (Å²) >= 11 is 3.41. The molecule has 1 aromatic rings. The molecular weight excluding hydrogens is 286 g/mol. The van der Waals surface area contributed by atoms with Crippen LogP contribution in [0.25, 0.3) is 0 Å². The maximum atomic E-state index is 10.5. The third kappa shape index (κ3) is 3.04. The van der Waals surface area contributed by atoms with Crippen molar-refractivity contribution in [3.05, 3.63) is 39.9 Å². The first-order valence-electron chi connectivity index (χ1n) is 5.62. The topological polar surface area (TPSA) is 52.4 Å². The zero-order valence-corrected chi connectivity index (χ0v) is 10.9. The number of nitro groups is 1. The van der Waals surface area contributed by atoms with Gasteiger partial charge >= 0.3 is 0 Å². The van der Waals surface area contributed by atoms with E-state index >= 15 is 0 Å². The van der Waals surface area contributed by atoms with Gasteiger partial charge < -0.3 is 4.74 Å². The van der Waals surface area contributed by atoms with Crippen molar-refractivity contribution in [1.29, 1.82) is 0 Å². The average Bonchev–Trinajstić information content (AvgIpc) is 2.39. The second-order valence-corrected chi connectivity index (χ2v) is 4.88. The molecule has 1 aromatic carbocycles. The van der Waals surface area contributed by atoms with Gasteiger partial charge in [0.25, 0.3) is 5.69 Å². The van der Waals surface area contributed by atoms with Gasteiger partial charge in [0.05, 0.1) is 17.6 Å². The van der Waals surface area contributed by atoms with Gasteiger partial charge in [0, 0.05) is 23.4 Å². The van der Waals surface area contributed by atoms with Crippen molar-refractivity contribution in [2.24, 2.45) is 0 Å². The highest BCUT2D eigenvalue weighted by atomic mass is 79.9. The van der Waals surface area contributed by atoms with Crippen LogP contribution in [0.2, 0.25) is 0 Å². The Kier molecular flexibility index (Phi) is 4.12. The highest BCUT2D eigenvalue weighted by molar-refractivity contribution is 9.09. The summed E-state index contributed by atoms with van der Waals surface area (Å²) in [6, 6.07) is 6.79. The fourth-order valence-corrected chi connectivity index (χ4v) is 2.57. The predicted octanol–water partition coefficient (Wildman–Crippen LogP) is 3.25. The third-order valence-corrected chi connectivity index (χ3v) is 3.84. The molecule has 4 nitrogen and oxygen atoms in total. The predicted molar refractivity (Wildman–Crippen MR) is 68.6 cm³/mol. The molecule has 2 rings (SSSR count). The van der Waals surface area contributed by atoms with Gasteiger partial charge in [-0.15, -0.1) is 0 Å². The molecule has 1 fully saturated rings. The molecule has 0 N–H and O–H groups in total. The Bertz CT molecular complexity index is 385. The van der Waals surface area contributed by atoms with Gasteiger partial charge in [0.1, 0.15) is 0 Å². The maximum Gasteiger partial charge on any atom is 0.269 e. The molecule has 0 saturated carbocycles. The van der Waals surface area contributed by atoms with E-state index < -0.39 is 0 Å². The van der Waals surface area contributed by atoms with Gasteiger partial charge in [0.2, 0.25) is 0 Å². The van der Waals surface area contributed by atoms with Crippen molar-refractivity contribution >= 4 is 21.6 Å². The van der Waals surface area contributed by atoms with E-state index in [2.05, 4.69) is 15.9 Å². The average molecular weight is 300 g/mol. The van der Waals surface area contributed by atoms with Crippen LogP contribution in [0.15, 0.2) is 24.3 Å². The van der Waals surface area contributed by atoms with E-state index in [1.807, 2.05) is 12.1 Å². The van der Waals surface area contributed by atoms with Crippen LogP contribution in [0.3, 0.4) is 0 Å². The van der Waals surface area contributed by atoms with Gasteiger partial charge in [-0.25, -0.2) is 0 Å². The summed E-state index contributed by atoms with van der Waals surface area (Å²) < 4.78 is 5.69. The number of alkyl halides is 1. The van der Waals surface area contributed by atoms with E-state index in [1.165, 1.54) is 0 Å². The lowest BCUT2D eigenvalue weighted by atomic mass is 9.92. The van der Waals surface area contributed by atoms with Crippen molar-refractivity contribution in [1.82, 2.24) is 0 Å². The number of non-ortho nitro benzene ring substituents is 1. The standard InChI is InChI=1S/C12H14BrNO3/c13-7-12-6-3-10(8-17-12)9-1-4-11(5-2-9)14(15)16/h1-2,4-5,10,12H,3,6-8H2/t10-,12-/m0/s1. The van der Waals surface area contributed by atoms with Crippen molar-refractivity contribution in [2.75, 3.05) is 11.9 Å². The number of ether oxygens (including phenoxy) is 1. The molecular formula is C12H14BrNO3.